The van der Waals surface area contributed by atoms with Crippen LogP contribution in [-0.2, 0) is 6.42 Å². The normalized spacial score (nSPS) is 19.8. The first kappa shape index (κ1) is 13.9. The maximum atomic E-state index is 9.54. The van der Waals surface area contributed by atoms with Crippen LogP contribution >= 0.6 is 0 Å². The summed E-state index contributed by atoms with van der Waals surface area (Å²) in [5.74, 6) is 0.713. The third kappa shape index (κ3) is 2.58. The van der Waals surface area contributed by atoms with Crippen LogP contribution in [0.5, 0.6) is 0 Å². The monoisotopic (exact) mass is 279 g/mol. The van der Waals surface area contributed by atoms with Gasteiger partial charge in [0, 0.05) is 11.5 Å². The van der Waals surface area contributed by atoms with Gasteiger partial charge in [-0.1, -0.05) is 67.5 Å². The highest BCUT2D eigenvalue weighted by Crippen LogP contribution is 2.34. The van der Waals surface area contributed by atoms with Gasteiger partial charge in [-0.25, -0.2) is 0 Å². The van der Waals surface area contributed by atoms with Crippen LogP contribution in [0.4, 0.5) is 0 Å². The molecule has 1 atom stereocenters. The van der Waals surface area contributed by atoms with Crippen molar-refractivity contribution in [1.29, 1.82) is 0 Å². The van der Waals surface area contributed by atoms with Crippen molar-refractivity contribution in [3.05, 3.63) is 70.8 Å². The van der Waals surface area contributed by atoms with E-state index in [9.17, 15) is 5.21 Å². The van der Waals surface area contributed by atoms with Crippen LogP contribution in [-0.4, -0.2) is 10.9 Å². The summed E-state index contributed by atoms with van der Waals surface area (Å²) in [6.45, 7) is 4.41. The van der Waals surface area contributed by atoms with Gasteiger partial charge in [-0.2, -0.15) is 0 Å². The first-order chi connectivity index (χ1) is 10.2. The van der Waals surface area contributed by atoms with E-state index < -0.39 is 0 Å². The standard InChI is InChI=1S/C19H21NO/c1-13(2)15-8-10-18-16(12-15)9-11-17(19(18)20-21)14-6-4-3-5-7-14/h3-8,10,12-13,17,21H,9,11H2,1-2H3/b20-19-/t17-/m1/s1. The third-order valence-corrected chi connectivity index (χ3v) is 4.41. The van der Waals surface area contributed by atoms with E-state index >= 15 is 0 Å². The number of aryl methyl sites for hydroxylation is 1. The van der Waals surface area contributed by atoms with E-state index in [1.54, 1.807) is 0 Å². The third-order valence-electron chi connectivity index (χ3n) is 4.41. The van der Waals surface area contributed by atoms with Crippen LogP contribution in [0.1, 0.15) is 54.4 Å². The lowest BCUT2D eigenvalue weighted by molar-refractivity contribution is 0.316. The zero-order valence-electron chi connectivity index (χ0n) is 12.6. The van der Waals surface area contributed by atoms with Crippen LogP contribution in [0.25, 0.3) is 0 Å². The summed E-state index contributed by atoms with van der Waals surface area (Å²) in [6, 6.07) is 16.9. The summed E-state index contributed by atoms with van der Waals surface area (Å²) >= 11 is 0. The summed E-state index contributed by atoms with van der Waals surface area (Å²) < 4.78 is 0. The van der Waals surface area contributed by atoms with Crippen LogP contribution < -0.4 is 0 Å². The van der Waals surface area contributed by atoms with Crippen molar-refractivity contribution in [2.24, 2.45) is 5.16 Å². The highest BCUT2D eigenvalue weighted by Gasteiger charge is 2.27. The Morgan fingerprint density at radius 3 is 2.52 bits per heavy atom. The van der Waals surface area contributed by atoms with Crippen molar-refractivity contribution >= 4 is 5.71 Å². The SMILES string of the molecule is CC(C)c1ccc2c(c1)CC[C@H](c1ccccc1)/C2=N/O. The highest BCUT2D eigenvalue weighted by molar-refractivity contribution is 6.06. The Morgan fingerprint density at radius 1 is 1.10 bits per heavy atom. The fourth-order valence-electron chi connectivity index (χ4n) is 3.19. The van der Waals surface area contributed by atoms with Crippen molar-refractivity contribution in [3.8, 4) is 0 Å². The number of rotatable bonds is 2. The van der Waals surface area contributed by atoms with Gasteiger partial charge >= 0.3 is 0 Å². The second-order valence-corrected chi connectivity index (χ2v) is 6.06. The van der Waals surface area contributed by atoms with Gasteiger partial charge in [0.05, 0.1) is 5.71 Å². The molecule has 21 heavy (non-hydrogen) atoms. The maximum Gasteiger partial charge on any atom is 0.0945 e. The summed E-state index contributed by atoms with van der Waals surface area (Å²) in [7, 11) is 0. The molecule has 0 aliphatic heterocycles. The van der Waals surface area contributed by atoms with Crippen molar-refractivity contribution in [1.82, 2.24) is 0 Å². The van der Waals surface area contributed by atoms with Crippen LogP contribution in [0, 0.1) is 0 Å². The lowest BCUT2D eigenvalue weighted by Gasteiger charge is -2.27. The molecule has 0 heterocycles. The van der Waals surface area contributed by atoms with Gasteiger partial charge in [0.25, 0.3) is 0 Å². The highest BCUT2D eigenvalue weighted by atomic mass is 16.4. The molecule has 2 aromatic carbocycles. The van der Waals surface area contributed by atoms with Crippen LogP contribution in [0.3, 0.4) is 0 Å². The lowest BCUT2D eigenvalue weighted by atomic mass is 9.77. The number of hydrogen-bond donors (Lipinski definition) is 1. The molecule has 2 aromatic rings. The fourth-order valence-corrected chi connectivity index (χ4v) is 3.19. The minimum atomic E-state index is 0.189. The molecule has 1 N–H and O–H groups in total. The molecule has 0 spiro atoms. The quantitative estimate of drug-likeness (QED) is 0.626. The average Bonchev–Trinajstić information content (AvgIpc) is 2.53. The first-order valence-corrected chi connectivity index (χ1v) is 7.60. The predicted octanol–water partition coefficient (Wildman–Crippen LogP) is 4.72. The second kappa shape index (κ2) is 5.72. The molecular formula is C19H21NO. The molecule has 3 rings (SSSR count). The van der Waals surface area contributed by atoms with Crippen molar-refractivity contribution in [3.63, 3.8) is 0 Å². The molecule has 1 aliphatic rings. The maximum absolute atomic E-state index is 9.54. The van der Waals surface area contributed by atoms with E-state index in [1.807, 2.05) is 18.2 Å². The molecule has 0 fully saturated rings. The van der Waals surface area contributed by atoms with Crippen molar-refractivity contribution in [2.75, 3.05) is 0 Å². The Kier molecular flexibility index (Phi) is 3.78. The largest absolute Gasteiger partial charge is 0.411 e. The van der Waals surface area contributed by atoms with Gasteiger partial charge in [-0.15, -0.1) is 0 Å². The van der Waals surface area contributed by atoms with E-state index in [4.69, 9.17) is 0 Å². The van der Waals surface area contributed by atoms with Crippen LogP contribution in [0.2, 0.25) is 0 Å². The molecule has 0 aromatic heterocycles. The molecule has 0 unspecified atom stereocenters. The van der Waals surface area contributed by atoms with Gasteiger partial charge in [-0.05, 0) is 35.4 Å². The zero-order chi connectivity index (χ0) is 14.8. The molecule has 0 amide bonds. The van der Waals surface area contributed by atoms with E-state index in [-0.39, 0.29) is 5.92 Å². The Bertz CT molecular complexity index is 659. The first-order valence-electron chi connectivity index (χ1n) is 7.60. The average molecular weight is 279 g/mol. The number of benzene rings is 2. The Labute approximate surface area is 126 Å². The minimum Gasteiger partial charge on any atom is -0.411 e. The van der Waals surface area contributed by atoms with Gasteiger partial charge < -0.3 is 5.21 Å². The molecule has 0 radical (unpaired) electrons. The van der Waals surface area contributed by atoms with Crippen LogP contribution in [0.15, 0.2) is 53.7 Å². The second-order valence-electron chi connectivity index (χ2n) is 6.06. The molecule has 0 saturated carbocycles. The number of fused-ring (bicyclic) bond motifs is 1. The molecule has 0 bridgehead atoms. The van der Waals surface area contributed by atoms with Crippen molar-refractivity contribution < 1.29 is 5.21 Å². The fraction of sp³-hybridized carbons (Fsp3) is 0.316. The van der Waals surface area contributed by atoms with E-state index in [1.165, 1.54) is 16.7 Å². The number of oxime groups is 1. The Hall–Kier alpha value is -2.09. The minimum absolute atomic E-state index is 0.189. The van der Waals surface area contributed by atoms with Gasteiger partial charge in [-0.3, -0.25) is 0 Å². The van der Waals surface area contributed by atoms with E-state index in [0.29, 0.717) is 5.92 Å². The lowest BCUT2D eigenvalue weighted by Crippen LogP contribution is -2.22. The van der Waals surface area contributed by atoms with Gasteiger partial charge in [0.15, 0.2) is 0 Å². The molecule has 2 heteroatoms. The van der Waals surface area contributed by atoms with Crippen molar-refractivity contribution in [2.45, 2.75) is 38.5 Å². The molecular weight excluding hydrogens is 258 g/mol. The predicted molar refractivity (Wildman–Crippen MR) is 86.4 cm³/mol. The Morgan fingerprint density at radius 2 is 1.86 bits per heavy atom. The molecule has 0 saturated heterocycles. The smallest absolute Gasteiger partial charge is 0.0945 e. The Balaban J connectivity index is 2.02. The zero-order valence-corrected chi connectivity index (χ0v) is 12.6. The summed E-state index contributed by atoms with van der Waals surface area (Å²) in [5, 5.41) is 13.2. The molecule has 1 aliphatic carbocycles. The van der Waals surface area contributed by atoms with Gasteiger partial charge in [0.1, 0.15) is 0 Å². The summed E-state index contributed by atoms with van der Waals surface area (Å²) in [4.78, 5) is 0. The van der Waals surface area contributed by atoms with Gasteiger partial charge in [0.2, 0.25) is 0 Å². The molecule has 108 valence electrons. The van der Waals surface area contributed by atoms with E-state index in [0.717, 1.165) is 24.1 Å². The summed E-state index contributed by atoms with van der Waals surface area (Å²) in [6.07, 6.45) is 2.03. The number of hydrogen-bond acceptors (Lipinski definition) is 2. The topological polar surface area (TPSA) is 32.6 Å². The summed E-state index contributed by atoms with van der Waals surface area (Å²) in [5.41, 5.74) is 5.79. The van der Waals surface area contributed by atoms with E-state index in [2.05, 4.69) is 49.3 Å². The number of nitrogens with zero attached hydrogens (tertiary/aromatic N) is 1. The molecule has 2 nitrogen and oxygen atoms in total.